The molecule has 7 nitrogen and oxygen atoms in total. The van der Waals surface area contributed by atoms with Crippen LogP contribution in [0.15, 0.2) is 22.9 Å². The van der Waals surface area contributed by atoms with Gasteiger partial charge in [-0.25, -0.2) is 14.5 Å². The summed E-state index contributed by atoms with van der Waals surface area (Å²) in [6.07, 6.45) is 4.28. The number of carbonyl (C=O) groups is 1. The molecule has 0 saturated carbocycles. The summed E-state index contributed by atoms with van der Waals surface area (Å²) in [6.45, 7) is 4.74. The topological polar surface area (TPSA) is 69.5 Å². The molecule has 0 spiro atoms. The average molecular weight is 389 g/mol. The molecule has 0 bridgehead atoms. The summed E-state index contributed by atoms with van der Waals surface area (Å²) < 4.78 is 2.42. The minimum atomic E-state index is -0.122. The summed E-state index contributed by atoms with van der Waals surface area (Å²) in [5.74, 6) is -0.122. The Labute approximate surface area is 147 Å². The van der Waals surface area contributed by atoms with Crippen LogP contribution in [0, 0.1) is 13.8 Å². The molecule has 0 fully saturated rings. The van der Waals surface area contributed by atoms with E-state index in [1.54, 1.807) is 28.0 Å². The van der Waals surface area contributed by atoms with E-state index < -0.39 is 0 Å². The number of halogens is 1. The summed E-state index contributed by atoms with van der Waals surface area (Å²) in [5, 5.41) is 8.02. The number of hydrogen-bond acceptors (Lipinski definition) is 4. The molecule has 1 N–H and O–H groups in total. The molecule has 24 heavy (non-hydrogen) atoms. The van der Waals surface area contributed by atoms with Crippen molar-refractivity contribution in [2.75, 3.05) is 18.6 Å². The van der Waals surface area contributed by atoms with Crippen molar-refractivity contribution in [3.05, 3.63) is 45.6 Å². The zero-order valence-electron chi connectivity index (χ0n) is 13.7. The average Bonchev–Trinajstić information content (AvgIpc) is 3.09. The molecule has 0 saturated heterocycles. The first kappa shape index (κ1) is 15.2. The van der Waals surface area contributed by atoms with Crippen LogP contribution in [0.1, 0.15) is 27.4 Å². The number of H-pyrrole nitrogens is 1. The van der Waals surface area contributed by atoms with Crippen molar-refractivity contribution >= 4 is 33.2 Å². The van der Waals surface area contributed by atoms with E-state index >= 15 is 0 Å². The maximum atomic E-state index is 13.0. The monoisotopic (exact) mass is 388 g/mol. The van der Waals surface area contributed by atoms with Crippen LogP contribution in [0.2, 0.25) is 0 Å². The third kappa shape index (κ3) is 2.21. The Balaban J connectivity index is 1.70. The Bertz CT molecular complexity index is 959. The van der Waals surface area contributed by atoms with Gasteiger partial charge in [-0.2, -0.15) is 5.10 Å². The molecule has 0 radical (unpaired) electrons. The molecule has 0 aromatic carbocycles. The molecule has 3 aromatic rings. The van der Waals surface area contributed by atoms with Crippen LogP contribution >= 0.6 is 15.9 Å². The van der Waals surface area contributed by atoms with Crippen LogP contribution in [0.5, 0.6) is 0 Å². The Morgan fingerprint density at radius 1 is 1.38 bits per heavy atom. The number of amides is 1. The van der Waals surface area contributed by atoms with Crippen molar-refractivity contribution < 1.29 is 4.79 Å². The van der Waals surface area contributed by atoms with E-state index in [1.165, 1.54) is 11.3 Å². The van der Waals surface area contributed by atoms with Crippen LogP contribution in [-0.4, -0.2) is 44.1 Å². The van der Waals surface area contributed by atoms with E-state index in [4.69, 9.17) is 0 Å². The Kier molecular flexibility index (Phi) is 3.38. The summed E-state index contributed by atoms with van der Waals surface area (Å²) >= 11 is 3.36. The Morgan fingerprint density at radius 2 is 2.17 bits per heavy atom. The maximum Gasteiger partial charge on any atom is 0.292 e. The number of anilines is 1. The van der Waals surface area contributed by atoms with Gasteiger partial charge in [-0.05, 0) is 35.3 Å². The van der Waals surface area contributed by atoms with Gasteiger partial charge in [0, 0.05) is 49.9 Å². The molecule has 0 aliphatic carbocycles. The Morgan fingerprint density at radius 3 is 2.96 bits per heavy atom. The number of hydrazine groups is 1. The fourth-order valence-electron chi connectivity index (χ4n) is 3.22. The van der Waals surface area contributed by atoms with E-state index in [-0.39, 0.29) is 5.91 Å². The summed E-state index contributed by atoms with van der Waals surface area (Å²) in [6, 6.07) is 1.72. The molecule has 4 rings (SSSR count). The SMILES string of the molecule is Cc1[nH]c2c(c1C)N(C)N(C(=O)c1cc3ncc(Br)cn3n1)CC2. The summed E-state index contributed by atoms with van der Waals surface area (Å²) in [4.78, 5) is 20.6. The lowest BCUT2D eigenvalue weighted by molar-refractivity contribution is 0.0732. The molecule has 124 valence electrons. The highest BCUT2D eigenvalue weighted by Crippen LogP contribution is 2.32. The molecule has 3 aromatic heterocycles. The second-order valence-electron chi connectivity index (χ2n) is 6.01. The number of nitrogens with zero attached hydrogens (tertiary/aromatic N) is 5. The molecule has 1 aliphatic heterocycles. The zero-order valence-corrected chi connectivity index (χ0v) is 15.3. The fraction of sp³-hybridized carbons (Fsp3) is 0.312. The van der Waals surface area contributed by atoms with Crippen LogP contribution in [0.4, 0.5) is 5.69 Å². The molecule has 1 aliphatic rings. The summed E-state index contributed by atoms with van der Waals surface area (Å²) in [7, 11) is 1.92. The lowest BCUT2D eigenvalue weighted by Crippen LogP contribution is -2.48. The van der Waals surface area contributed by atoms with Crippen molar-refractivity contribution in [1.82, 2.24) is 24.6 Å². The highest BCUT2D eigenvalue weighted by molar-refractivity contribution is 9.10. The highest BCUT2D eigenvalue weighted by atomic mass is 79.9. The van der Waals surface area contributed by atoms with E-state index in [9.17, 15) is 4.79 Å². The lowest BCUT2D eigenvalue weighted by atomic mass is 10.1. The van der Waals surface area contributed by atoms with Gasteiger partial charge in [-0.1, -0.05) is 0 Å². The molecule has 8 heteroatoms. The standard InChI is InChI=1S/C16H17BrN6O/c1-9-10(2)19-12-4-5-23(21(3)15(9)12)16(24)13-6-14-18-7-11(17)8-22(14)20-13/h6-8,19H,4-5H2,1-3H3. The van der Waals surface area contributed by atoms with Crippen LogP contribution in [-0.2, 0) is 6.42 Å². The normalized spacial score (nSPS) is 14.3. The minimum absolute atomic E-state index is 0.122. The van der Waals surface area contributed by atoms with Crippen molar-refractivity contribution in [2.45, 2.75) is 20.3 Å². The van der Waals surface area contributed by atoms with Crippen LogP contribution < -0.4 is 5.01 Å². The predicted octanol–water partition coefficient (Wildman–Crippen LogP) is 2.49. The van der Waals surface area contributed by atoms with Crippen molar-refractivity contribution in [2.24, 2.45) is 0 Å². The third-order valence-corrected chi connectivity index (χ3v) is 4.95. The predicted molar refractivity (Wildman–Crippen MR) is 94.1 cm³/mol. The number of nitrogens with one attached hydrogen (secondary N) is 1. The van der Waals surface area contributed by atoms with Crippen molar-refractivity contribution in [3.63, 3.8) is 0 Å². The fourth-order valence-corrected chi connectivity index (χ4v) is 3.52. The van der Waals surface area contributed by atoms with Gasteiger partial charge in [-0.15, -0.1) is 0 Å². The Hall–Kier alpha value is -2.35. The first-order valence-electron chi connectivity index (χ1n) is 7.70. The largest absolute Gasteiger partial charge is 0.360 e. The van der Waals surface area contributed by atoms with Crippen molar-refractivity contribution in [1.29, 1.82) is 0 Å². The minimum Gasteiger partial charge on any atom is -0.360 e. The van der Waals surface area contributed by atoms with E-state index in [0.29, 0.717) is 17.9 Å². The van der Waals surface area contributed by atoms with E-state index in [2.05, 4.69) is 44.8 Å². The quantitative estimate of drug-likeness (QED) is 0.695. The lowest BCUT2D eigenvalue weighted by Gasteiger charge is -2.37. The first-order chi connectivity index (χ1) is 11.5. The summed E-state index contributed by atoms with van der Waals surface area (Å²) in [5.41, 5.74) is 5.61. The molecular weight excluding hydrogens is 372 g/mol. The number of fused-ring (bicyclic) bond motifs is 2. The second-order valence-corrected chi connectivity index (χ2v) is 6.92. The second kappa shape index (κ2) is 5.34. The molecule has 1 amide bonds. The molecule has 4 heterocycles. The van der Waals surface area contributed by atoms with Crippen LogP contribution in [0.3, 0.4) is 0 Å². The molecule has 0 unspecified atom stereocenters. The third-order valence-electron chi connectivity index (χ3n) is 4.54. The number of hydrogen-bond donors (Lipinski definition) is 1. The first-order valence-corrected chi connectivity index (χ1v) is 8.49. The highest BCUT2D eigenvalue weighted by Gasteiger charge is 2.30. The number of aryl methyl sites for hydroxylation is 1. The van der Waals surface area contributed by atoms with Gasteiger partial charge < -0.3 is 4.98 Å². The smallest absolute Gasteiger partial charge is 0.292 e. The van der Waals surface area contributed by atoms with Gasteiger partial charge in [0.15, 0.2) is 11.3 Å². The molecular formula is C16H17BrN6O. The van der Waals surface area contributed by atoms with Gasteiger partial charge in [-0.3, -0.25) is 9.80 Å². The van der Waals surface area contributed by atoms with Gasteiger partial charge >= 0.3 is 0 Å². The van der Waals surface area contributed by atoms with Gasteiger partial charge in [0.2, 0.25) is 0 Å². The van der Waals surface area contributed by atoms with E-state index in [1.807, 2.05) is 12.1 Å². The maximum absolute atomic E-state index is 13.0. The van der Waals surface area contributed by atoms with Gasteiger partial charge in [0.1, 0.15) is 0 Å². The number of aromatic amines is 1. The van der Waals surface area contributed by atoms with Crippen LogP contribution in [0.25, 0.3) is 5.65 Å². The van der Waals surface area contributed by atoms with Crippen molar-refractivity contribution in [3.8, 4) is 0 Å². The number of rotatable bonds is 1. The molecule has 0 atom stereocenters. The van der Waals surface area contributed by atoms with Gasteiger partial charge in [0.25, 0.3) is 5.91 Å². The van der Waals surface area contributed by atoms with E-state index in [0.717, 1.165) is 22.3 Å². The number of aromatic nitrogens is 4. The zero-order chi connectivity index (χ0) is 17.0. The number of carbonyl (C=O) groups excluding carboxylic acids is 1. The van der Waals surface area contributed by atoms with Gasteiger partial charge in [0.05, 0.1) is 10.2 Å².